The molecule has 3 aromatic rings. The summed E-state index contributed by atoms with van der Waals surface area (Å²) in [6.45, 7) is 3.96. The highest BCUT2D eigenvalue weighted by atomic mass is 35.5. The van der Waals surface area contributed by atoms with E-state index in [-0.39, 0.29) is 11.4 Å². The number of carbonyl (C=O) groups excluding carboxylic acids is 1. The van der Waals surface area contributed by atoms with E-state index in [9.17, 15) is 4.79 Å². The van der Waals surface area contributed by atoms with Crippen LogP contribution < -0.4 is 5.32 Å². The smallest absolute Gasteiger partial charge is 0.225 e. The van der Waals surface area contributed by atoms with Crippen LogP contribution in [0.2, 0.25) is 5.02 Å². The Morgan fingerprint density at radius 1 is 1.11 bits per heavy atom. The standard InChI is InChI=1S/C23H24ClN3O/c1-16-21(17(2)27(26-16)20-11-9-19(24)10-12-20)15-22(28)25-23(13-6-14-23)18-7-4-3-5-8-18/h3-5,7-12H,6,13-15H2,1-2H3,(H,25,28). The second-order valence-electron chi connectivity index (χ2n) is 7.56. The highest BCUT2D eigenvalue weighted by Crippen LogP contribution is 2.41. The first-order chi connectivity index (χ1) is 13.5. The Hall–Kier alpha value is -2.59. The van der Waals surface area contributed by atoms with Crippen LogP contribution in [0.15, 0.2) is 54.6 Å². The zero-order chi connectivity index (χ0) is 19.7. The Kier molecular flexibility index (Phi) is 4.98. The fourth-order valence-corrected chi connectivity index (χ4v) is 4.14. The van der Waals surface area contributed by atoms with Gasteiger partial charge in [-0.1, -0.05) is 41.9 Å². The van der Waals surface area contributed by atoms with Gasteiger partial charge in [0.15, 0.2) is 0 Å². The van der Waals surface area contributed by atoms with Gasteiger partial charge in [0.25, 0.3) is 0 Å². The number of hydrogen-bond donors (Lipinski definition) is 1. The number of benzene rings is 2. The molecule has 144 valence electrons. The molecule has 28 heavy (non-hydrogen) atoms. The van der Waals surface area contributed by atoms with Crippen LogP contribution in [0.25, 0.3) is 5.69 Å². The maximum absolute atomic E-state index is 12.9. The van der Waals surface area contributed by atoms with Gasteiger partial charge in [-0.15, -0.1) is 0 Å². The summed E-state index contributed by atoms with van der Waals surface area (Å²) >= 11 is 5.99. The second kappa shape index (κ2) is 7.44. The fourth-order valence-electron chi connectivity index (χ4n) is 4.01. The molecular weight excluding hydrogens is 370 g/mol. The minimum atomic E-state index is -0.216. The van der Waals surface area contributed by atoms with Gasteiger partial charge in [-0.25, -0.2) is 4.68 Å². The molecule has 1 N–H and O–H groups in total. The molecule has 4 nitrogen and oxygen atoms in total. The van der Waals surface area contributed by atoms with Crippen LogP contribution in [-0.2, 0) is 16.8 Å². The summed E-state index contributed by atoms with van der Waals surface area (Å²) in [7, 11) is 0. The van der Waals surface area contributed by atoms with Gasteiger partial charge in [0.05, 0.1) is 23.3 Å². The summed E-state index contributed by atoms with van der Waals surface area (Å²) in [5.74, 6) is 0.0467. The molecule has 4 rings (SSSR count). The summed E-state index contributed by atoms with van der Waals surface area (Å²) in [6, 6.07) is 17.9. The lowest BCUT2D eigenvalue weighted by Gasteiger charge is -2.43. The molecule has 1 aliphatic rings. The normalized spacial score (nSPS) is 15.1. The molecular formula is C23H24ClN3O. The van der Waals surface area contributed by atoms with Crippen molar-refractivity contribution in [3.05, 3.63) is 82.1 Å². The molecule has 0 aliphatic heterocycles. The van der Waals surface area contributed by atoms with Crippen molar-refractivity contribution in [1.82, 2.24) is 15.1 Å². The molecule has 1 saturated carbocycles. The Morgan fingerprint density at radius 2 is 1.79 bits per heavy atom. The van der Waals surface area contributed by atoms with Crippen LogP contribution in [0.5, 0.6) is 0 Å². The monoisotopic (exact) mass is 393 g/mol. The molecule has 0 radical (unpaired) electrons. The number of aryl methyl sites for hydroxylation is 1. The van der Waals surface area contributed by atoms with E-state index >= 15 is 0 Å². The zero-order valence-corrected chi connectivity index (χ0v) is 17.0. The van der Waals surface area contributed by atoms with Crippen molar-refractivity contribution < 1.29 is 4.79 Å². The van der Waals surface area contributed by atoms with Crippen molar-refractivity contribution in [2.24, 2.45) is 0 Å². The van der Waals surface area contributed by atoms with Gasteiger partial charge >= 0.3 is 0 Å². The minimum absolute atomic E-state index is 0.0467. The van der Waals surface area contributed by atoms with Crippen LogP contribution in [0.3, 0.4) is 0 Å². The molecule has 0 unspecified atom stereocenters. The van der Waals surface area contributed by atoms with E-state index in [4.69, 9.17) is 11.6 Å². The quantitative estimate of drug-likeness (QED) is 0.671. The minimum Gasteiger partial charge on any atom is -0.346 e. The lowest BCUT2D eigenvalue weighted by atomic mass is 9.71. The largest absolute Gasteiger partial charge is 0.346 e. The summed E-state index contributed by atoms with van der Waals surface area (Å²) in [5.41, 5.74) is 4.76. The Balaban J connectivity index is 1.54. The van der Waals surface area contributed by atoms with E-state index in [0.717, 1.165) is 41.9 Å². The lowest BCUT2D eigenvalue weighted by molar-refractivity contribution is -0.123. The maximum Gasteiger partial charge on any atom is 0.225 e. The van der Waals surface area contributed by atoms with Crippen molar-refractivity contribution >= 4 is 17.5 Å². The van der Waals surface area contributed by atoms with E-state index in [2.05, 4.69) is 22.5 Å². The molecule has 1 aliphatic carbocycles. The first kappa shape index (κ1) is 18.8. The summed E-state index contributed by atoms with van der Waals surface area (Å²) in [6.07, 6.45) is 3.46. The number of nitrogens with zero attached hydrogens (tertiary/aromatic N) is 2. The van der Waals surface area contributed by atoms with Crippen molar-refractivity contribution in [2.45, 2.75) is 45.1 Å². The van der Waals surface area contributed by atoms with Crippen molar-refractivity contribution in [1.29, 1.82) is 0 Å². The van der Waals surface area contributed by atoms with Crippen LogP contribution in [0.1, 0.15) is 41.8 Å². The topological polar surface area (TPSA) is 46.9 Å². The zero-order valence-electron chi connectivity index (χ0n) is 16.2. The van der Waals surface area contributed by atoms with E-state index in [1.165, 1.54) is 5.56 Å². The van der Waals surface area contributed by atoms with Crippen LogP contribution in [-0.4, -0.2) is 15.7 Å². The van der Waals surface area contributed by atoms with E-state index < -0.39 is 0 Å². The maximum atomic E-state index is 12.9. The Bertz CT molecular complexity index is 989. The lowest BCUT2D eigenvalue weighted by Crippen LogP contribution is -2.51. The van der Waals surface area contributed by atoms with Gasteiger partial charge in [-0.05, 0) is 62.9 Å². The molecule has 1 fully saturated rings. The molecule has 0 spiro atoms. The third-order valence-corrected chi connectivity index (χ3v) is 6.01. The Labute approximate surface area is 170 Å². The average Bonchev–Trinajstić information content (AvgIpc) is 2.94. The molecule has 2 aromatic carbocycles. The number of aromatic nitrogens is 2. The molecule has 1 amide bonds. The highest BCUT2D eigenvalue weighted by molar-refractivity contribution is 6.30. The second-order valence-corrected chi connectivity index (χ2v) is 8.00. The first-order valence-electron chi connectivity index (χ1n) is 9.66. The van der Waals surface area contributed by atoms with E-state index in [1.807, 2.05) is 61.0 Å². The van der Waals surface area contributed by atoms with Crippen LogP contribution >= 0.6 is 11.6 Å². The van der Waals surface area contributed by atoms with Crippen molar-refractivity contribution in [3.8, 4) is 5.69 Å². The molecule has 0 bridgehead atoms. The van der Waals surface area contributed by atoms with Gasteiger partial charge < -0.3 is 5.32 Å². The van der Waals surface area contributed by atoms with Crippen molar-refractivity contribution in [2.75, 3.05) is 0 Å². The van der Waals surface area contributed by atoms with Gasteiger partial charge in [0, 0.05) is 16.3 Å². The highest BCUT2D eigenvalue weighted by Gasteiger charge is 2.39. The number of rotatable bonds is 5. The average molecular weight is 394 g/mol. The van der Waals surface area contributed by atoms with Gasteiger partial charge in [-0.3, -0.25) is 4.79 Å². The fraction of sp³-hybridized carbons (Fsp3) is 0.304. The third-order valence-electron chi connectivity index (χ3n) is 5.76. The van der Waals surface area contributed by atoms with Crippen LogP contribution in [0.4, 0.5) is 0 Å². The predicted molar refractivity (Wildman–Crippen MR) is 112 cm³/mol. The molecule has 1 aromatic heterocycles. The SMILES string of the molecule is Cc1nn(-c2ccc(Cl)cc2)c(C)c1CC(=O)NC1(c2ccccc2)CCC1. The van der Waals surface area contributed by atoms with E-state index in [1.54, 1.807) is 0 Å². The van der Waals surface area contributed by atoms with Crippen molar-refractivity contribution in [3.63, 3.8) is 0 Å². The number of amides is 1. The predicted octanol–water partition coefficient (Wildman–Crippen LogP) is 4.88. The number of halogens is 1. The molecule has 0 saturated heterocycles. The molecule has 1 heterocycles. The molecule has 0 atom stereocenters. The summed E-state index contributed by atoms with van der Waals surface area (Å²) < 4.78 is 1.88. The van der Waals surface area contributed by atoms with Crippen LogP contribution in [0, 0.1) is 13.8 Å². The van der Waals surface area contributed by atoms with Gasteiger partial charge in [0.1, 0.15) is 0 Å². The van der Waals surface area contributed by atoms with Gasteiger partial charge in [0.2, 0.25) is 5.91 Å². The number of nitrogens with one attached hydrogen (secondary N) is 1. The number of hydrogen-bond acceptors (Lipinski definition) is 2. The number of carbonyl (C=O) groups is 1. The Morgan fingerprint density at radius 3 is 2.39 bits per heavy atom. The van der Waals surface area contributed by atoms with E-state index in [0.29, 0.717) is 11.4 Å². The first-order valence-corrected chi connectivity index (χ1v) is 10.0. The summed E-state index contributed by atoms with van der Waals surface area (Å²) in [5, 5.41) is 8.65. The van der Waals surface area contributed by atoms with Gasteiger partial charge in [-0.2, -0.15) is 5.10 Å². The third kappa shape index (κ3) is 3.45. The summed E-state index contributed by atoms with van der Waals surface area (Å²) in [4.78, 5) is 12.9. The molecule has 5 heteroatoms.